The van der Waals surface area contributed by atoms with Gasteiger partial charge in [0.1, 0.15) is 5.82 Å². The average molecular weight is 275 g/mol. The standard InChI is InChI=1S/C16H22FN3/c1-5-14-16(15(6-2)20(4)19-14)13-9-11(17)7-8-12(13)10(3)18/h7-10H,5-6,18H2,1-4H3. The highest BCUT2D eigenvalue weighted by atomic mass is 19.1. The number of hydrogen-bond donors (Lipinski definition) is 1. The molecule has 0 aliphatic carbocycles. The van der Waals surface area contributed by atoms with Crippen LogP contribution in [0.25, 0.3) is 11.1 Å². The van der Waals surface area contributed by atoms with E-state index in [9.17, 15) is 4.39 Å². The first-order chi connectivity index (χ1) is 9.49. The molecule has 20 heavy (non-hydrogen) atoms. The Bertz CT molecular complexity index is 614. The van der Waals surface area contributed by atoms with E-state index in [-0.39, 0.29) is 11.9 Å². The van der Waals surface area contributed by atoms with Crippen molar-refractivity contribution < 1.29 is 4.39 Å². The maximum atomic E-state index is 13.7. The van der Waals surface area contributed by atoms with Crippen molar-refractivity contribution in [2.75, 3.05) is 0 Å². The van der Waals surface area contributed by atoms with Gasteiger partial charge in [0.05, 0.1) is 5.69 Å². The molecule has 0 aliphatic heterocycles. The minimum atomic E-state index is -0.239. The van der Waals surface area contributed by atoms with E-state index in [1.54, 1.807) is 12.1 Å². The maximum absolute atomic E-state index is 13.7. The normalized spacial score (nSPS) is 12.7. The lowest BCUT2D eigenvalue weighted by molar-refractivity contribution is 0.626. The van der Waals surface area contributed by atoms with Crippen LogP contribution in [0.5, 0.6) is 0 Å². The van der Waals surface area contributed by atoms with E-state index in [0.717, 1.165) is 40.9 Å². The predicted octanol–water partition coefficient (Wildman–Crippen LogP) is 3.37. The summed E-state index contributed by atoms with van der Waals surface area (Å²) in [7, 11) is 1.94. The Kier molecular flexibility index (Phi) is 4.23. The summed E-state index contributed by atoms with van der Waals surface area (Å²) < 4.78 is 15.6. The highest BCUT2D eigenvalue weighted by Gasteiger charge is 2.19. The first-order valence-electron chi connectivity index (χ1n) is 7.09. The van der Waals surface area contributed by atoms with Crippen molar-refractivity contribution in [3.8, 4) is 11.1 Å². The third-order valence-corrected chi connectivity index (χ3v) is 3.68. The van der Waals surface area contributed by atoms with E-state index < -0.39 is 0 Å². The number of aromatic nitrogens is 2. The molecule has 2 rings (SSSR count). The van der Waals surface area contributed by atoms with Gasteiger partial charge in [0, 0.05) is 24.3 Å². The molecule has 1 aromatic heterocycles. The van der Waals surface area contributed by atoms with Gasteiger partial charge in [-0.1, -0.05) is 19.9 Å². The fourth-order valence-corrected chi connectivity index (χ4v) is 2.73. The number of aryl methyl sites for hydroxylation is 2. The van der Waals surface area contributed by atoms with E-state index in [1.165, 1.54) is 6.07 Å². The average Bonchev–Trinajstić information content (AvgIpc) is 2.74. The molecule has 0 aliphatic rings. The van der Waals surface area contributed by atoms with Crippen LogP contribution in [0.1, 0.15) is 43.8 Å². The highest BCUT2D eigenvalue weighted by molar-refractivity contribution is 5.73. The Hall–Kier alpha value is -1.68. The van der Waals surface area contributed by atoms with Crippen LogP contribution >= 0.6 is 0 Å². The van der Waals surface area contributed by atoms with Crippen LogP contribution in [-0.4, -0.2) is 9.78 Å². The van der Waals surface area contributed by atoms with Crippen LogP contribution in [0.15, 0.2) is 18.2 Å². The summed E-state index contributed by atoms with van der Waals surface area (Å²) in [6, 6.07) is 4.69. The van der Waals surface area contributed by atoms with E-state index in [0.29, 0.717) is 0 Å². The zero-order chi connectivity index (χ0) is 14.9. The smallest absolute Gasteiger partial charge is 0.123 e. The summed E-state index contributed by atoms with van der Waals surface area (Å²) in [5.74, 6) is -0.239. The van der Waals surface area contributed by atoms with Crippen LogP contribution in [-0.2, 0) is 19.9 Å². The third kappa shape index (κ3) is 2.48. The molecule has 0 fully saturated rings. The summed E-state index contributed by atoms with van der Waals surface area (Å²) in [4.78, 5) is 0. The molecule has 0 radical (unpaired) electrons. The lowest BCUT2D eigenvalue weighted by Crippen LogP contribution is -2.08. The molecular formula is C16H22FN3. The largest absolute Gasteiger partial charge is 0.324 e. The minimum Gasteiger partial charge on any atom is -0.324 e. The SMILES string of the molecule is CCc1nn(C)c(CC)c1-c1cc(F)ccc1C(C)N. The molecule has 108 valence electrons. The molecule has 2 N–H and O–H groups in total. The van der Waals surface area contributed by atoms with Gasteiger partial charge in [-0.3, -0.25) is 4.68 Å². The Morgan fingerprint density at radius 1 is 1.30 bits per heavy atom. The summed E-state index contributed by atoms with van der Waals surface area (Å²) >= 11 is 0. The number of hydrogen-bond acceptors (Lipinski definition) is 2. The van der Waals surface area contributed by atoms with Gasteiger partial charge in [-0.2, -0.15) is 5.10 Å². The molecule has 1 unspecified atom stereocenters. The quantitative estimate of drug-likeness (QED) is 0.929. The first kappa shape index (κ1) is 14.7. The highest BCUT2D eigenvalue weighted by Crippen LogP contribution is 2.34. The number of halogens is 1. The van der Waals surface area contributed by atoms with Gasteiger partial charge in [0.15, 0.2) is 0 Å². The van der Waals surface area contributed by atoms with Crippen LogP contribution in [0.3, 0.4) is 0 Å². The molecule has 2 aromatic rings. The predicted molar refractivity (Wildman–Crippen MR) is 80.0 cm³/mol. The summed E-state index contributed by atoms with van der Waals surface area (Å²) in [6.07, 6.45) is 1.67. The molecule has 3 nitrogen and oxygen atoms in total. The minimum absolute atomic E-state index is 0.139. The number of nitrogens with zero attached hydrogens (tertiary/aromatic N) is 2. The molecule has 0 saturated carbocycles. The lowest BCUT2D eigenvalue weighted by Gasteiger charge is -2.14. The molecule has 1 atom stereocenters. The number of rotatable bonds is 4. The van der Waals surface area contributed by atoms with Gasteiger partial charge in [0.25, 0.3) is 0 Å². The summed E-state index contributed by atoms with van der Waals surface area (Å²) in [6.45, 7) is 6.07. The zero-order valence-corrected chi connectivity index (χ0v) is 12.6. The number of nitrogens with two attached hydrogens (primary N) is 1. The van der Waals surface area contributed by atoms with Gasteiger partial charge < -0.3 is 5.73 Å². The second-order valence-electron chi connectivity index (χ2n) is 5.12. The molecule has 0 spiro atoms. The van der Waals surface area contributed by atoms with Crippen molar-refractivity contribution in [3.63, 3.8) is 0 Å². The van der Waals surface area contributed by atoms with Crippen LogP contribution in [0, 0.1) is 5.82 Å². The molecule has 0 saturated heterocycles. The summed E-state index contributed by atoms with van der Waals surface area (Å²) in [5, 5.41) is 4.56. The van der Waals surface area contributed by atoms with Crippen molar-refractivity contribution in [3.05, 3.63) is 41.0 Å². The van der Waals surface area contributed by atoms with Gasteiger partial charge in [0.2, 0.25) is 0 Å². The third-order valence-electron chi connectivity index (χ3n) is 3.68. The van der Waals surface area contributed by atoms with E-state index in [1.807, 2.05) is 18.7 Å². The van der Waals surface area contributed by atoms with Crippen molar-refractivity contribution >= 4 is 0 Å². The Balaban J connectivity index is 2.76. The number of benzene rings is 1. The van der Waals surface area contributed by atoms with Crippen molar-refractivity contribution in [2.24, 2.45) is 12.8 Å². The van der Waals surface area contributed by atoms with Crippen LogP contribution in [0.2, 0.25) is 0 Å². The van der Waals surface area contributed by atoms with Crippen molar-refractivity contribution in [1.82, 2.24) is 9.78 Å². The molecule has 4 heteroatoms. The molecular weight excluding hydrogens is 253 g/mol. The molecule has 1 aromatic carbocycles. The Morgan fingerprint density at radius 2 is 2.00 bits per heavy atom. The Labute approximate surface area is 119 Å². The van der Waals surface area contributed by atoms with Gasteiger partial charge in [-0.05, 0) is 43.0 Å². The van der Waals surface area contributed by atoms with Crippen LogP contribution in [0.4, 0.5) is 4.39 Å². The van der Waals surface area contributed by atoms with Crippen molar-refractivity contribution in [1.29, 1.82) is 0 Å². The van der Waals surface area contributed by atoms with Gasteiger partial charge in [-0.15, -0.1) is 0 Å². The van der Waals surface area contributed by atoms with E-state index >= 15 is 0 Å². The zero-order valence-electron chi connectivity index (χ0n) is 12.6. The lowest BCUT2D eigenvalue weighted by atomic mass is 9.93. The maximum Gasteiger partial charge on any atom is 0.123 e. The second-order valence-corrected chi connectivity index (χ2v) is 5.12. The summed E-state index contributed by atoms with van der Waals surface area (Å²) in [5.41, 5.74) is 11.0. The molecule has 1 heterocycles. The second kappa shape index (κ2) is 5.75. The monoisotopic (exact) mass is 275 g/mol. The molecule has 0 bridgehead atoms. The van der Waals surface area contributed by atoms with Gasteiger partial charge >= 0.3 is 0 Å². The van der Waals surface area contributed by atoms with Crippen molar-refractivity contribution in [2.45, 2.75) is 39.7 Å². The van der Waals surface area contributed by atoms with Gasteiger partial charge in [-0.25, -0.2) is 4.39 Å². The fourth-order valence-electron chi connectivity index (χ4n) is 2.73. The fraction of sp³-hybridized carbons (Fsp3) is 0.438. The van der Waals surface area contributed by atoms with Crippen LogP contribution < -0.4 is 5.73 Å². The topological polar surface area (TPSA) is 43.8 Å². The first-order valence-corrected chi connectivity index (χ1v) is 7.09. The Morgan fingerprint density at radius 3 is 2.55 bits per heavy atom. The van der Waals surface area contributed by atoms with E-state index in [2.05, 4.69) is 18.9 Å². The molecule has 0 amide bonds. The van der Waals surface area contributed by atoms with E-state index in [4.69, 9.17) is 5.73 Å².